The fourth-order valence-electron chi connectivity index (χ4n) is 3.48. The highest BCUT2D eigenvalue weighted by atomic mass is 127. The minimum absolute atomic E-state index is 0. The number of ether oxygens (including phenoxy) is 1. The van der Waals surface area contributed by atoms with Crippen molar-refractivity contribution in [2.24, 2.45) is 12.0 Å². The molecule has 9 heteroatoms. The quantitative estimate of drug-likeness (QED) is 0.228. The second-order valence-corrected chi connectivity index (χ2v) is 7.59. The van der Waals surface area contributed by atoms with Gasteiger partial charge in [-0.05, 0) is 25.8 Å². The van der Waals surface area contributed by atoms with Gasteiger partial charge in [0.2, 0.25) is 0 Å². The number of benzene rings is 1. The molecule has 31 heavy (non-hydrogen) atoms. The summed E-state index contributed by atoms with van der Waals surface area (Å²) in [6, 6.07) is 10.7. The van der Waals surface area contributed by atoms with Crippen LogP contribution in [0.25, 0.3) is 0 Å². The van der Waals surface area contributed by atoms with Crippen LogP contribution in [0.3, 0.4) is 0 Å². The molecule has 0 unspecified atom stereocenters. The molecule has 0 spiro atoms. The third-order valence-electron chi connectivity index (χ3n) is 5.43. The lowest BCUT2D eigenvalue weighted by atomic mass is 10.2. The largest absolute Gasteiger partial charge is 0.382 e. The average molecular weight is 541 g/mol. The number of nitrogens with one attached hydrogen (secondary N) is 1. The van der Waals surface area contributed by atoms with Gasteiger partial charge < -0.3 is 19.5 Å². The number of aliphatic imine (C=N–C) groups is 1. The number of aryl methyl sites for hydroxylation is 1. The monoisotopic (exact) mass is 541 g/mol. The molecule has 1 N–H and O–H groups in total. The summed E-state index contributed by atoms with van der Waals surface area (Å²) in [5.74, 6) is 2.73. The lowest BCUT2D eigenvalue weighted by Gasteiger charge is -2.36. The molecule has 0 aliphatic carbocycles. The Balaban J connectivity index is 0.00000341. The van der Waals surface area contributed by atoms with E-state index in [0.29, 0.717) is 6.54 Å². The third kappa shape index (κ3) is 8.04. The fraction of sp³-hybridized carbons (Fsp3) is 0.591. The number of hydrogen-bond donors (Lipinski definition) is 1. The van der Waals surface area contributed by atoms with Crippen molar-refractivity contribution in [2.45, 2.75) is 33.4 Å². The zero-order chi connectivity index (χ0) is 21.2. The first kappa shape index (κ1) is 25.5. The van der Waals surface area contributed by atoms with E-state index in [1.165, 1.54) is 5.56 Å². The molecule has 0 radical (unpaired) electrons. The van der Waals surface area contributed by atoms with E-state index in [4.69, 9.17) is 9.73 Å². The van der Waals surface area contributed by atoms with E-state index in [1.807, 2.05) is 25.5 Å². The van der Waals surface area contributed by atoms with Gasteiger partial charge in [0.25, 0.3) is 0 Å². The van der Waals surface area contributed by atoms with Crippen LogP contribution in [0, 0.1) is 6.92 Å². The average Bonchev–Trinajstić information content (AvgIpc) is 3.09. The number of hydrogen-bond acceptors (Lipinski definition) is 5. The molecule has 2 aromatic rings. The zero-order valence-electron chi connectivity index (χ0n) is 19.0. The van der Waals surface area contributed by atoms with Crippen molar-refractivity contribution in [3.05, 3.63) is 47.5 Å². The predicted octanol–water partition coefficient (Wildman–Crippen LogP) is 2.43. The number of guanidine groups is 1. The van der Waals surface area contributed by atoms with Gasteiger partial charge in [-0.15, -0.1) is 34.2 Å². The van der Waals surface area contributed by atoms with Gasteiger partial charge in [0, 0.05) is 59.5 Å². The van der Waals surface area contributed by atoms with Gasteiger partial charge in [0.1, 0.15) is 12.4 Å². The van der Waals surface area contributed by atoms with E-state index in [9.17, 15) is 0 Å². The maximum atomic E-state index is 5.46. The maximum absolute atomic E-state index is 5.46. The first-order valence-corrected chi connectivity index (χ1v) is 10.9. The molecule has 0 saturated carbocycles. The van der Waals surface area contributed by atoms with Crippen molar-refractivity contribution in [3.63, 3.8) is 0 Å². The molecular weight excluding hydrogens is 505 g/mol. The number of piperazine rings is 1. The molecule has 8 nitrogen and oxygen atoms in total. The summed E-state index contributed by atoms with van der Waals surface area (Å²) in [5.41, 5.74) is 1.37. The maximum Gasteiger partial charge on any atom is 0.194 e. The Bertz CT molecular complexity index is 788. The van der Waals surface area contributed by atoms with Crippen molar-refractivity contribution in [1.29, 1.82) is 0 Å². The number of halogens is 1. The van der Waals surface area contributed by atoms with E-state index >= 15 is 0 Å². The van der Waals surface area contributed by atoms with Crippen LogP contribution in [-0.2, 0) is 24.9 Å². The molecule has 1 fully saturated rings. The Hall–Kier alpha value is -1.72. The molecule has 3 rings (SSSR count). The summed E-state index contributed by atoms with van der Waals surface area (Å²) >= 11 is 0. The lowest BCUT2D eigenvalue weighted by Crippen LogP contribution is -2.52. The van der Waals surface area contributed by atoms with E-state index in [0.717, 1.165) is 76.5 Å². The zero-order valence-corrected chi connectivity index (χ0v) is 21.3. The van der Waals surface area contributed by atoms with Crippen molar-refractivity contribution in [3.8, 4) is 0 Å². The van der Waals surface area contributed by atoms with Crippen LogP contribution in [0.4, 0.5) is 0 Å². The number of aromatic nitrogens is 3. The summed E-state index contributed by atoms with van der Waals surface area (Å²) in [5, 5.41) is 11.9. The normalized spacial score (nSPS) is 15.1. The van der Waals surface area contributed by atoms with Gasteiger partial charge in [0.05, 0.1) is 0 Å². The SMILES string of the molecule is CCOCCCNC(=NCc1nnc(C)n1C)N1CCN(Cc2ccccc2)CC1.I. The van der Waals surface area contributed by atoms with Crippen LogP contribution in [0.1, 0.15) is 30.6 Å². The molecule has 2 heterocycles. The summed E-state index contributed by atoms with van der Waals surface area (Å²) in [7, 11) is 1.98. The predicted molar refractivity (Wildman–Crippen MR) is 135 cm³/mol. The molecule has 1 aromatic carbocycles. The van der Waals surface area contributed by atoms with E-state index in [-0.39, 0.29) is 24.0 Å². The van der Waals surface area contributed by atoms with Crippen LogP contribution in [0.5, 0.6) is 0 Å². The Morgan fingerprint density at radius 1 is 1.13 bits per heavy atom. The minimum Gasteiger partial charge on any atom is -0.382 e. The highest BCUT2D eigenvalue weighted by molar-refractivity contribution is 14.0. The Labute approximate surface area is 203 Å². The Morgan fingerprint density at radius 2 is 1.87 bits per heavy atom. The number of nitrogens with zero attached hydrogens (tertiary/aromatic N) is 6. The van der Waals surface area contributed by atoms with Gasteiger partial charge in [-0.3, -0.25) is 4.90 Å². The van der Waals surface area contributed by atoms with Crippen molar-refractivity contribution < 1.29 is 4.74 Å². The fourth-order valence-corrected chi connectivity index (χ4v) is 3.48. The van der Waals surface area contributed by atoms with Crippen LogP contribution in [-0.4, -0.2) is 76.5 Å². The minimum atomic E-state index is 0. The molecular formula is C22H36IN7O. The van der Waals surface area contributed by atoms with E-state index < -0.39 is 0 Å². The molecule has 1 aliphatic heterocycles. The molecule has 0 amide bonds. The first-order valence-electron chi connectivity index (χ1n) is 10.9. The second kappa shape index (κ2) is 13.6. The third-order valence-corrected chi connectivity index (χ3v) is 5.43. The summed E-state index contributed by atoms with van der Waals surface area (Å²) in [6.45, 7) is 11.9. The van der Waals surface area contributed by atoms with E-state index in [2.05, 4.69) is 55.6 Å². The van der Waals surface area contributed by atoms with Gasteiger partial charge in [0.15, 0.2) is 11.8 Å². The topological polar surface area (TPSA) is 70.8 Å². The van der Waals surface area contributed by atoms with Crippen LogP contribution >= 0.6 is 24.0 Å². The number of rotatable bonds is 9. The molecule has 0 bridgehead atoms. The molecule has 0 atom stereocenters. The molecule has 1 aliphatic rings. The standard InChI is InChI=1S/C22H35N7O.HI/c1-4-30-16-8-11-23-22(24-17-21-26-25-19(2)27(21)3)29-14-12-28(13-15-29)18-20-9-6-5-7-10-20;/h5-7,9-10H,4,8,11-18H2,1-3H3,(H,23,24);1H. The Kier molecular flexibility index (Phi) is 11.2. The summed E-state index contributed by atoms with van der Waals surface area (Å²) in [6.07, 6.45) is 0.962. The van der Waals surface area contributed by atoms with E-state index in [1.54, 1.807) is 0 Å². The summed E-state index contributed by atoms with van der Waals surface area (Å²) in [4.78, 5) is 9.72. The first-order chi connectivity index (χ1) is 14.7. The van der Waals surface area contributed by atoms with Gasteiger partial charge in [-0.2, -0.15) is 0 Å². The van der Waals surface area contributed by atoms with Crippen LogP contribution in [0.2, 0.25) is 0 Å². The smallest absolute Gasteiger partial charge is 0.194 e. The summed E-state index contributed by atoms with van der Waals surface area (Å²) < 4.78 is 7.45. The lowest BCUT2D eigenvalue weighted by molar-refractivity contribution is 0.145. The van der Waals surface area contributed by atoms with Crippen molar-refractivity contribution >= 4 is 29.9 Å². The Morgan fingerprint density at radius 3 is 2.52 bits per heavy atom. The van der Waals surface area contributed by atoms with Gasteiger partial charge >= 0.3 is 0 Å². The highest BCUT2D eigenvalue weighted by Crippen LogP contribution is 2.09. The van der Waals surface area contributed by atoms with Crippen molar-refractivity contribution in [1.82, 2.24) is 29.9 Å². The van der Waals surface area contributed by atoms with Crippen LogP contribution < -0.4 is 5.32 Å². The molecule has 172 valence electrons. The van der Waals surface area contributed by atoms with Crippen molar-refractivity contribution in [2.75, 3.05) is 45.9 Å². The second-order valence-electron chi connectivity index (χ2n) is 7.59. The van der Waals surface area contributed by atoms with Gasteiger partial charge in [-0.25, -0.2) is 4.99 Å². The molecule has 1 saturated heterocycles. The molecule has 1 aromatic heterocycles. The highest BCUT2D eigenvalue weighted by Gasteiger charge is 2.20. The van der Waals surface area contributed by atoms with Crippen LogP contribution in [0.15, 0.2) is 35.3 Å². The van der Waals surface area contributed by atoms with Gasteiger partial charge in [-0.1, -0.05) is 30.3 Å².